The molecule has 0 bridgehead atoms. The van der Waals surface area contributed by atoms with Crippen molar-refractivity contribution in [2.45, 2.75) is 43.4 Å². The van der Waals surface area contributed by atoms with Gasteiger partial charge in [0.2, 0.25) is 5.91 Å². The molecule has 4 nitrogen and oxygen atoms in total. The van der Waals surface area contributed by atoms with Crippen LogP contribution in [0.3, 0.4) is 0 Å². The molecule has 2 heterocycles. The molecule has 2 rings (SSSR count). The molecule has 2 aliphatic rings. The lowest BCUT2D eigenvalue weighted by atomic mass is 10.0. The van der Waals surface area contributed by atoms with Crippen molar-refractivity contribution >= 4 is 17.7 Å². The maximum Gasteiger partial charge on any atom is 0.233 e. The number of hydrogen-bond donors (Lipinski definition) is 1. The van der Waals surface area contributed by atoms with Crippen LogP contribution in [0.2, 0.25) is 0 Å². The number of likely N-dealkylation sites (tertiary alicyclic amines) is 1. The van der Waals surface area contributed by atoms with E-state index in [1.807, 2.05) is 0 Å². The number of nitriles is 1. The normalized spacial score (nSPS) is 26.5. The summed E-state index contributed by atoms with van der Waals surface area (Å²) in [6.07, 6.45) is 5.42. The second kappa shape index (κ2) is 7.01. The van der Waals surface area contributed by atoms with Gasteiger partial charge in [-0.2, -0.15) is 5.26 Å². The van der Waals surface area contributed by atoms with Crippen molar-refractivity contribution in [3.05, 3.63) is 0 Å². The number of hydrogen-bond acceptors (Lipinski definition) is 4. The Balaban J connectivity index is 1.70. The first kappa shape index (κ1) is 13.7. The van der Waals surface area contributed by atoms with Crippen molar-refractivity contribution < 1.29 is 4.79 Å². The highest BCUT2D eigenvalue weighted by molar-refractivity contribution is 8.00. The molecule has 0 spiro atoms. The molecular weight excluding hydrogens is 246 g/mol. The molecular formula is C13H21N3OS. The lowest BCUT2D eigenvalue weighted by Crippen LogP contribution is -2.47. The van der Waals surface area contributed by atoms with Crippen LogP contribution >= 0.6 is 11.8 Å². The predicted octanol–water partition coefficient (Wildman–Crippen LogP) is 1.38. The second-order valence-electron chi connectivity index (χ2n) is 5.07. The van der Waals surface area contributed by atoms with Gasteiger partial charge >= 0.3 is 0 Å². The van der Waals surface area contributed by atoms with Crippen LogP contribution in [0, 0.1) is 11.3 Å². The number of amides is 1. The van der Waals surface area contributed by atoms with Gasteiger partial charge in [0.25, 0.3) is 0 Å². The van der Waals surface area contributed by atoms with Gasteiger partial charge in [0, 0.05) is 19.1 Å². The maximum absolute atomic E-state index is 12.1. The molecule has 5 heteroatoms. The fourth-order valence-corrected chi connectivity index (χ4v) is 3.79. The molecule has 18 heavy (non-hydrogen) atoms. The molecule has 0 aliphatic carbocycles. The van der Waals surface area contributed by atoms with Crippen LogP contribution in [-0.2, 0) is 4.79 Å². The van der Waals surface area contributed by atoms with Crippen LogP contribution in [0.5, 0.6) is 0 Å². The van der Waals surface area contributed by atoms with Crippen molar-refractivity contribution in [2.24, 2.45) is 0 Å². The minimum Gasteiger partial charge on any atom is -0.352 e. The van der Waals surface area contributed by atoms with Crippen LogP contribution in [0.15, 0.2) is 0 Å². The third kappa shape index (κ3) is 3.89. The number of nitrogens with one attached hydrogen (secondary N) is 1. The number of rotatable bonds is 3. The number of nitrogens with zero attached hydrogens (tertiary/aromatic N) is 2. The van der Waals surface area contributed by atoms with E-state index in [1.165, 1.54) is 12.8 Å². The topological polar surface area (TPSA) is 56.1 Å². The summed E-state index contributed by atoms with van der Waals surface area (Å²) in [5, 5.41) is 12.0. The highest BCUT2D eigenvalue weighted by Crippen LogP contribution is 2.25. The third-order valence-electron chi connectivity index (χ3n) is 3.70. The van der Waals surface area contributed by atoms with Crippen LogP contribution in [0.25, 0.3) is 0 Å². The van der Waals surface area contributed by atoms with Gasteiger partial charge in [-0.15, -0.1) is 11.8 Å². The molecule has 1 unspecified atom stereocenters. The van der Waals surface area contributed by atoms with E-state index in [4.69, 9.17) is 5.26 Å². The summed E-state index contributed by atoms with van der Waals surface area (Å²) in [6.45, 7) is 2.37. The van der Waals surface area contributed by atoms with Crippen LogP contribution < -0.4 is 5.32 Å². The molecule has 0 saturated carbocycles. The van der Waals surface area contributed by atoms with Gasteiger partial charge in [-0.1, -0.05) is 6.42 Å². The molecule has 0 aromatic carbocycles. The second-order valence-corrected chi connectivity index (χ2v) is 6.38. The molecule has 1 N–H and O–H groups in total. The summed E-state index contributed by atoms with van der Waals surface area (Å²) in [7, 11) is 0. The molecule has 2 saturated heterocycles. The summed E-state index contributed by atoms with van der Waals surface area (Å²) < 4.78 is 0. The summed E-state index contributed by atoms with van der Waals surface area (Å²) in [5.41, 5.74) is 0. The summed E-state index contributed by atoms with van der Waals surface area (Å²) in [6, 6.07) is 2.49. The molecule has 0 aromatic heterocycles. The molecule has 100 valence electrons. The molecule has 0 aromatic rings. The number of carbonyl (C=O) groups excluding carboxylic acids is 1. The van der Waals surface area contributed by atoms with E-state index in [0.29, 0.717) is 12.6 Å². The lowest BCUT2D eigenvalue weighted by Gasteiger charge is -2.32. The molecule has 2 aliphatic heterocycles. The largest absolute Gasteiger partial charge is 0.352 e. The first-order chi connectivity index (χ1) is 8.79. The molecule has 0 radical (unpaired) electrons. The number of piperidine rings is 1. The van der Waals surface area contributed by atoms with Crippen LogP contribution in [-0.4, -0.2) is 47.5 Å². The SMILES string of the molecule is N#CCN1CCC(NC(=O)C2CCCCS2)CC1. The average molecular weight is 267 g/mol. The van der Waals surface area contributed by atoms with Crippen molar-refractivity contribution in [3.8, 4) is 6.07 Å². The van der Waals surface area contributed by atoms with Crippen molar-refractivity contribution in [3.63, 3.8) is 0 Å². The fraction of sp³-hybridized carbons (Fsp3) is 0.846. The monoisotopic (exact) mass is 267 g/mol. The zero-order valence-electron chi connectivity index (χ0n) is 10.7. The van der Waals surface area contributed by atoms with E-state index >= 15 is 0 Å². The quantitative estimate of drug-likeness (QED) is 0.785. The van der Waals surface area contributed by atoms with Crippen LogP contribution in [0.4, 0.5) is 0 Å². The fourth-order valence-electron chi connectivity index (χ4n) is 2.58. The Morgan fingerprint density at radius 2 is 2.11 bits per heavy atom. The van der Waals surface area contributed by atoms with E-state index in [1.54, 1.807) is 11.8 Å². The average Bonchev–Trinajstić information content (AvgIpc) is 2.42. The van der Waals surface area contributed by atoms with E-state index in [9.17, 15) is 4.79 Å². The molecule has 1 atom stereocenters. The Kier molecular flexibility index (Phi) is 5.33. The van der Waals surface area contributed by atoms with Crippen LogP contribution in [0.1, 0.15) is 32.1 Å². The summed E-state index contributed by atoms with van der Waals surface area (Å²) >= 11 is 1.80. The predicted molar refractivity (Wildman–Crippen MR) is 73.3 cm³/mol. The Labute approximate surface area is 113 Å². The van der Waals surface area contributed by atoms with Gasteiger partial charge < -0.3 is 5.32 Å². The van der Waals surface area contributed by atoms with Gasteiger partial charge in [0.15, 0.2) is 0 Å². The Bertz CT molecular complexity index is 315. The first-order valence-corrected chi connectivity index (χ1v) is 7.86. The van der Waals surface area contributed by atoms with Gasteiger partial charge in [-0.05, 0) is 31.4 Å². The smallest absolute Gasteiger partial charge is 0.233 e. The van der Waals surface area contributed by atoms with E-state index in [-0.39, 0.29) is 11.2 Å². The molecule has 1 amide bonds. The minimum atomic E-state index is 0.177. The van der Waals surface area contributed by atoms with E-state index < -0.39 is 0 Å². The number of carbonyl (C=O) groups is 1. The minimum absolute atomic E-state index is 0.177. The first-order valence-electron chi connectivity index (χ1n) is 6.81. The Hall–Kier alpha value is -0.730. The van der Waals surface area contributed by atoms with E-state index in [2.05, 4.69) is 16.3 Å². The standard InChI is InChI=1S/C13H21N3OS/c14-6-9-16-7-4-11(5-8-16)15-13(17)12-3-1-2-10-18-12/h11-12H,1-5,7-10H2,(H,15,17). The van der Waals surface area contributed by atoms with Gasteiger partial charge in [-0.25, -0.2) is 0 Å². The lowest BCUT2D eigenvalue weighted by molar-refractivity contribution is -0.121. The van der Waals surface area contributed by atoms with Crippen molar-refractivity contribution in [1.29, 1.82) is 5.26 Å². The highest BCUT2D eigenvalue weighted by Gasteiger charge is 2.25. The highest BCUT2D eigenvalue weighted by atomic mass is 32.2. The number of thioether (sulfide) groups is 1. The zero-order valence-corrected chi connectivity index (χ0v) is 11.5. The van der Waals surface area contributed by atoms with Gasteiger partial charge in [0.1, 0.15) is 0 Å². The van der Waals surface area contributed by atoms with E-state index in [0.717, 1.165) is 38.1 Å². The third-order valence-corrected chi connectivity index (χ3v) is 5.08. The van der Waals surface area contributed by atoms with Gasteiger partial charge in [0.05, 0.1) is 17.9 Å². The zero-order chi connectivity index (χ0) is 12.8. The van der Waals surface area contributed by atoms with Gasteiger partial charge in [-0.3, -0.25) is 9.69 Å². The summed E-state index contributed by atoms with van der Waals surface area (Å²) in [4.78, 5) is 14.2. The Morgan fingerprint density at radius 3 is 2.72 bits per heavy atom. The van der Waals surface area contributed by atoms with Crippen molar-refractivity contribution in [1.82, 2.24) is 10.2 Å². The Morgan fingerprint density at radius 1 is 1.33 bits per heavy atom. The maximum atomic E-state index is 12.1. The van der Waals surface area contributed by atoms with Crippen molar-refractivity contribution in [2.75, 3.05) is 25.4 Å². The molecule has 2 fully saturated rings. The summed E-state index contributed by atoms with van der Waals surface area (Å²) in [5.74, 6) is 1.36.